The molecule has 1 aromatic heterocycles. The number of aromatic nitrogens is 2. The summed E-state index contributed by atoms with van der Waals surface area (Å²) in [6.07, 6.45) is 0. The van der Waals surface area contributed by atoms with Crippen LogP contribution in [0.15, 0.2) is 78.9 Å². The number of imidazole rings is 1. The number of rotatable bonds is 7. The molecule has 146 valence electrons. The number of nitrogens with one attached hydrogen (secondary N) is 1. The highest BCUT2D eigenvalue weighted by Crippen LogP contribution is 2.19. The first-order valence-electron chi connectivity index (χ1n) is 9.64. The standard InChI is InChI=1S/C24H23N3O2/c1-18-9-5-6-10-19(18)16-27-22-14-8-7-13-21(22)26-23(27)15-25-24(28)17-29-20-11-3-2-4-12-20/h2-14H,15-17H2,1H3,(H,25,28). The molecule has 1 heterocycles. The third-order valence-corrected chi connectivity index (χ3v) is 4.88. The van der Waals surface area contributed by atoms with E-state index in [1.165, 1.54) is 11.1 Å². The molecule has 0 fully saturated rings. The fourth-order valence-electron chi connectivity index (χ4n) is 3.29. The summed E-state index contributed by atoms with van der Waals surface area (Å²) < 4.78 is 7.68. The molecule has 0 aliphatic carbocycles. The van der Waals surface area contributed by atoms with Crippen LogP contribution in [-0.4, -0.2) is 22.1 Å². The summed E-state index contributed by atoms with van der Waals surface area (Å²) in [7, 11) is 0. The number of carbonyl (C=O) groups excluding carboxylic acids is 1. The zero-order chi connectivity index (χ0) is 20.1. The predicted molar refractivity (Wildman–Crippen MR) is 114 cm³/mol. The summed E-state index contributed by atoms with van der Waals surface area (Å²) in [6.45, 7) is 3.13. The van der Waals surface area contributed by atoms with E-state index in [1.807, 2.05) is 60.7 Å². The highest BCUT2D eigenvalue weighted by atomic mass is 16.5. The van der Waals surface area contributed by atoms with Crippen LogP contribution in [-0.2, 0) is 17.9 Å². The average Bonchev–Trinajstić information content (AvgIpc) is 3.10. The summed E-state index contributed by atoms with van der Waals surface area (Å²) in [5.74, 6) is 1.32. The van der Waals surface area contributed by atoms with Crippen LogP contribution in [0.25, 0.3) is 11.0 Å². The number of fused-ring (bicyclic) bond motifs is 1. The molecule has 0 atom stereocenters. The third-order valence-electron chi connectivity index (χ3n) is 4.88. The van der Waals surface area contributed by atoms with Gasteiger partial charge in [-0.05, 0) is 42.3 Å². The fourth-order valence-corrected chi connectivity index (χ4v) is 3.29. The van der Waals surface area contributed by atoms with Crippen LogP contribution in [0, 0.1) is 6.92 Å². The lowest BCUT2D eigenvalue weighted by Gasteiger charge is -2.12. The van der Waals surface area contributed by atoms with Crippen LogP contribution < -0.4 is 10.1 Å². The van der Waals surface area contributed by atoms with Gasteiger partial charge in [0.2, 0.25) is 0 Å². The van der Waals surface area contributed by atoms with Crippen molar-refractivity contribution in [3.63, 3.8) is 0 Å². The van der Waals surface area contributed by atoms with Gasteiger partial charge in [-0.15, -0.1) is 0 Å². The topological polar surface area (TPSA) is 56.2 Å². The summed E-state index contributed by atoms with van der Waals surface area (Å²) in [5, 5.41) is 2.92. The molecule has 0 unspecified atom stereocenters. The lowest BCUT2D eigenvalue weighted by Crippen LogP contribution is -2.29. The Balaban J connectivity index is 1.49. The van der Waals surface area contributed by atoms with E-state index in [0.29, 0.717) is 18.8 Å². The Bertz CT molecular complexity index is 1120. The van der Waals surface area contributed by atoms with E-state index < -0.39 is 0 Å². The van der Waals surface area contributed by atoms with Gasteiger partial charge < -0.3 is 14.6 Å². The van der Waals surface area contributed by atoms with Crippen LogP contribution in [0.3, 0.4) is 0 Å². The third kappa shape index (κ3) is 4.46. The number of aryl methyl sites for hydroxylation is 1. The van der Waals surface area contributed by atoms with Gasteiger partial charge in [0.05, 0.1) is 17.6 Å². The Labute approximate surface area is 170 Å². The summed E-state index contributed by atoms with van der Waals surface area (Å²) >= 11 is 0. The van der Waals surface area contributed by atoms with Crippen molar-refractivity contribution >= 4 is 16.9 Å². The maximum atomic E-state index is 12.3. The van der Waals surface area contributed by atoms with Crippen LogP contribution in [0.2, 0.25) is 0 Å². The first kappa shape index (κ1) is 18.7. The van der Waals surface area contributed by atoms with E-state index in [4.69, 9.17) is 9.72 Å². The number of amides is 1. The number of ether oxygens (including phenoxy) is 1. The van der Waals surface area contributed by atoms with Gasteiger partial charge in [-0.2, -0.15) is 0 Å². The van der Waals surface area contributed by atoms with Gasteiger partial charge in [-0.1, -0.05) is 54.6 Å². The molecule has 0 saturated heterocycles. The maximum absolute atomic E-state index is 12.3. The Hall–Kier alpha value is -3.60. The van der Waals surface area contributed by atoms with Gasteiger partial charge in [0.25, 0.3) is 5.91 Å². The predicted octanol–water partition coefficient (Wildman–Crippen LogP) is 4.09. The van der Waals surface area contributed by atoms with Crippen molar-refractivity contribution in [2.75, 3.05) is 6.61 Å². The number of hydrogen-bond donors (Lipinski definition) is 1. The van der Waals surface area contributed by atoms with E-state index >= 15 is 0 Å². The van der Waals surface area contributed by atoms with Crippen molar-refractivity contribution < 1.29 is 9.53 Å². The number of nitrogens with zero attached hydrogens (tertiary/aromatic N) is 2. The molecule has 4 rings (SSSR count). The molecule has 0 bridgehead atoms. The first-order chi connectivity index (χ1) is 14.2. The highest BCUT2D eigenvalue weighted by Gasteiger charge is 2.13. The molecule has 0 radical (unpaired) electrons. The van der Waals surface area contributed by atoms with E-state index in [1.54, 1.807) is 0 Å². The Morgan fingerprint density at radius 3 is 2.52 bits per heavy atom. The average molecular weight is 385 g/mol. The second-order valence-electron chi connectivity index (χ2n) is 6.91. The molecule has 29 heavy (non-hydrogen) atoms. The van der Waals surface area contributed by atoms with Gasteiger partial charge in [-0.25, -0.2) is 4.98 Å². The number of benzene rings is 3. The van der Waals surface area contributed by atoms with Gasteiger partial charge in [0.15, 0.2) is 6.61 Å². The van der Waals surface area contributed by atoms with E-state index in [0.717, 1.165) is 16.9 Å². The molecule has 0 aliphatic rings. The SMILES string of the molecule is Cc1ccccc1Cn1c(CNC(=O)COc2ccccc2)nc2ccccc21. The summed E-state index contributed by atoms with van der Waals surface area (Å²) in [5.41, 5.74) is 4.44. The van der Waals surface area contributed by atoms with Crippen LogP contribution in [0.1, 0.15) is 17.0 Å². The normalized spacial score (nSPS) is 10.8. The molecule has 4 aromatic rings. The molecule has 5 nitrogen and oxygen atoms in total. The first-order valence-corrected chi connectivity index (χ1v) is 9.64. The molecular weight excluding hydrogens is 362 g/mol. The van der Waals surface area contributed by atoms with Crippen molar-refractivity contribution in [1.29, 1.82) is 0 Å². The molecule has 0 saturated carbocycles. The molecule has 1 amide bonds. The minimum absolute atomic E-state index is 0.0258. The van der Waals surface area contributed by atoms with Crippen LogP contribution in [0.4, 0.5) is 0 Å². The van der Waals surface area contributed by atoms with Crippen molar-refractivity contribution in [2.45, 2.75) is 20.0 Å². The van der Waals surface area contributed by atoms with Crippen molar-refractivity contribution in [2.24, 2.45) is 0 Å². The molecule has 1 N–H and O–H groups in total. The number of carbonyl (C=O) groups is 1. The second-order valence-corrected chi connectivity index (χ2v) is 6.91. The highest BCUT2D eigenvalue weighted by molar-refractivity contribution is 5.78. The Kier molecular flexibility index (Phi) is 5.56. The fraction of sp³-hybridized carbons (Fsp3) is 0.167. The quantitative estimate of drug-likeness (QED) is 0.521. The molecule has 0 spiro atoms. The van der Waals surface area contributed by atoms with Crippen molar-refractivity contribution in [3.8, 4) is 5.75 Å². The summed E-state index contributed by atoms with van der Waals surface area (Å²) in [4.78, 5) is 17.0. The van der Waals surface area contributed by atoms with Gasteiger partial charge >= 0.3 is 0 Å². The zero-order valence-electron chi connectivity index (χ0n) is 16.3. The minimum Gasteiger partial charge on any atom is -0.484 e. The lowest BCUT2D eigenvalue weighted by molar-refractivity contribution is -0.123. The Morgan fingerprint density at radius 2 is 1.69 bits per heavy atom. The van der Waals surface area contributed by atoms with Crippen molar-refractivity contribution in [3.05, 3.63) is 95.8 Å². The molecule has 0 aliphatic heterocycles. The van der Waals surface area contributed by atoms with Gasteiger partial charge in [0, 0.05) is 6.54 Å². The largest absolute Gasteiger partial charge is 0.484 e. The van der Waals surface area contributed by atoms with E-state index in [2.05, 4.69) is 35.0 Å². The van der Waals surface area contributed by atoms with Gasteiger partial charge in [-0.3, -0.25) is 4.79 Å². The maximum Gasteiger partial charge on any atom is 0.258 e. The summed E-state index contributed by atoms with van der Waals surface area (Å²) in [6, 6.07) is 25.7. The zero-order valence-corrected chi connectivity index (χ0v) is 16.3. The minimum atomic E-state index is -0.177. The van der Waals surface area contributed by atoms with Crippen LogP contribution >= 0.6 is 0 Å². The monoisotopic (exact) mass is 385 g/mol. The van der Waals surface area contributed by atoms with Gasteiger partial charge in [0.1, 0.15) is 11.6 Å². The van der Waals surface area contributed by atoms with Crippen molar-refractivity contribution in [1.82, 2.24) is 14.9 Å². The lowest BCUT2D eigenvalue weighted by atomic mass is 10.1. The number of para-hydroxylation sites is 3. The molecular formula is C24H23N3O2. The molecule has 3 aromatic carbocycles. The van der Waals surface area contributed by atoms with E-state index in [9.17, 15) is 4.79 Å². The number of hydrogen-bond acceptors (Lipinski definition) is 3. The smallest absolute Gasteiger partial charge is 0.258 e. The van der Waals surface area contributed by atoms with E-state index in [-0.39, 0.29) is 12.5 Å². The Morgan fingerprint density at radius 1 is 0.966 bits per heavy atom. The molecule has 5 heteroatoms. The second kappa shape index (κ2) is 8.61. The van der Waals surface area contributed by atoms with Crippen LogP contribution in [0.5, 0.6) is 5.75 Å².